The molecule has 0 radical (unpaired) electrons. The zero-order chi connectivity index (χ0) is 13.2. The molecule has 104 valence electrons. The van der Waals surface area contributed by atoms with E-state index < -0.39 is 0 Å². The highest BCUT2D eigenvalue weighted by molar-refractivity contribution is 7.11. The van der Waals surface area contributed by atoms with Gasteiger partial charge in [-0.15, -0.1) is 11.3 Å². The van der Waals surface area contributed by atoms with Crippen molar-refractivity contribution >= 4 is 17.2 Å². The van der Waals surface area contributed by atoms with E-state index in [1.807, 2.05) is 11.9 Å². The van der Waals surface area contributed by atoms with Gasteiger partial charge in [-0.25, -0.2) is 4.98 Å². The minimum atomic E-state index is 0.0274. The zero-order valence-electron chi connectivity index (χ0n) is 11.4. The van der Waals surface area contributed by atoms with E-state index >= 15 is 0 Å². The predicted octanol–water partition coefficient (Wildman–Crippen LogP) is 1.73. The van der Waals surface area contributed by atoms with E-state index in [1.165, 1.54) is 29.8 Å². The Morgan fingerprint density at radius 2 is 2.26 bits per heavy atom. The third-order valence-corrected chi connectivity index (χ3v) is 5.14. The minimum absolute atomic E-state index is 0.0274. The summed E-state index contributed by atoms with van der Waals surface area (Å²) >= 11 is 1.80. The van der Waals surface area contributed by atoms with E-state index in [-0.39, 0.29) is 11.9 Å². The molecule has 1 atom stereocenters. The number of fused-ring (bicyclic) bond motifs is 1. The molecular formula is C14H21N3OS. The first-order valence-corrected chi connectivity index (χ1v) is 8.01. The van der Waals surface area contributed by atoms with Gasteiger partial charge in [0.05, 0.1) is 18.3 Å². The van der Waals surface area contributed by atoms with Crippen LogP contribution in [0.1, 0.15) is 41.3 Å². The van der Waals surface area contributed by atoms with Crippen LogP contribution in [0.3, 0.4) is 0 Å². The van der Waals surface area contributed by atoms with Gasteiger partial charge in [-0.1, -0.05) is 0 Å². The van der Waals surface area contributed by atoms with Gasteiger partial charge < -0.3 is 10.2 Å². The summed E-state index contributed by atoms with van der Waals surface area (Å²) in [5.41, 5.74) is 1.28. The summed E-state index contributed by atoms with van der Waals surface area (Å²) in [4.78, 5) is 20.2. The average Bonchev–Trinajstić information content (AvgIpc) is 3.06. The molecule has 4 nitrogen and oxygen atoms in total. The monoisotopic (exact) mass is 279 g/mol. The second kappa shape index (κ2) is 5.59. The summed E-state index contributed by atoms with van der Waals surface area (Å²) in [7, 11) is 1.89. The highest BCUT2D eigenvalue weighted by Crippen LogP contribution is 2.27. The molecule has 0 unspecified atom stereocenters. The Balaban J connectivity index is 1.63. The van der Waals surface area contributed by atoms with Gasteiger partial charge in [-0.2, -0.15) is 0 Å². The molecule has 3 rings (SSSR count). The number of hydrogen-bond acceptors (Lipinski definition) is 4. The molecule has 1 saturated heterocycles. The lowest BCUT2D eigenvalue weighted by Gasteiger charge is -2.19. The number of aryl methyl sites for hydroxylation is 2. The fourth-order valence-electron chi connectivity index (χ4n) is 2.92. The van der Waals surface area contributed by atoms with Crippen LogP contribution < -0.4 is 5.32 Å². The minimum Gasteiger partial charge on any atom is -0.338 e. The number of nitrogens with one attached hydrogen (secondary N) is 1. The van der Waals surface area contributed by atoms with Crippen molar-refractivity contribution < 1.29 is 4.79 Å². The maximum Gasteiger partial charge on any atom is 0.239 e. The van der Waals surface area contributed by atoms with Gasteiger partial charge >= 0.3 is 0 Å². The van der Waals surface area contributed by atoms with Crippen molar-refractivity contribution in [1.29, 1.82) is 0 Å². The maximum atomic E-state index is 12.2. The predicted molar refractivity (Wildman–Crippen MR) is 76.3 cm³/mol. The van der Waals surface area contributed by atoms with E-state index in [4.69, 9.17) is 4.98 Å². The molecule has 0 bridgehead atoms. The largest absolute Gasteiger partial charge is 0.338 e. The Morgan fingerprint density at radius 1 is 1.42 bits per heavy atom. The highest BCUT2D eigenvalue weighted by atomic mass is 32.1. The summed E-state index contributed by atoms with van der Waals surface area (Å²) in [6.45, 7) is 1.63. The van der Waals surface area contributed by atoms with Crippen molar-refractivity contribution in [3.8, 4) is 0 Å². The van der Waals surface area contributed by atoms with Crippen molar-refractivity contribution in [2.75, 3.05) is 13.6 Å². The molecule has 1 fully saturated rings. The van der Waals surface area contributed by atoms with Gasteiger partial charge in [-0.05, 0) is 45.1 Å². The molecule has 2 heterocycles. The maximum absolute atomic E-state index is 12.2. The van der Waals surface area contributed by atoms with Gasteiger partial charge in [0.1, 0.15) is 5.01 Å². The Labute approximate surface area is 118 Å². The van der Waals surface area contributed by atoms with E-state index in [1.54, 1.807) is 11.3 Å². The SMILES string of the molecule is CN(Cc1nc2c(s1)CCCC2)C(=O)[C@@H]1CCCN1. The first-order chi connectivity index (χ1) is 9.24. The van der Waals surface area contributed by atoms with Crippen LogP contribution in [0.15, 0.2) is 0 Å². The van der Waals surface area contributed by atoms with Crippen LogP contribution in [0.4, 0.5) is 0 Å². The lowest BCUT2D eigenvalue weighted by molar-refractivity contribution is -0.132. The van der Waals surface area contributed by atoms with Crippen LogP contribution in [0.2, 0.25) is 0 Å². The molecule has 0 saturated carbocycles. The van der Waals surface area contributed by atoms with Gasteiger partial charge in [-0.3, -0.25) is 4.79 Å². The van der Waals surface area contributed by atoms with Gasteiger partial charge in [0, 0.05) is 11.9 Å². The molecule has 1 aromatic rings. The van der Waals surface area contributed by atoms with Crippen LogP contribution in [-0.2, 0) is 24.2 Å². The second-order valence-electron chi connectivity index (χ2n) is 5.53. The summed E-state index contributed by atoms with van der Waals surface area (Å²) in [5, 5.41) is 4.36. The fourth-order valence-corrected chi connectivity index (χ4v) is 4.13. The average molecular weight is 279 g/mol. The normalized spacial score (nSPS) is 22.3. The Hall–Kier alpha value is -0.940. The smallest absolute Gasteiger partial charge is 0.239 e. The van der Waals surface area contributed by atoms with Gasteiger partial charge in [0.15, 0.2) is 0 Å². The van der Waals surface area contributed by atoms with Crippen molar-refractivity contribution in [1.82, 2.24) is 15.2 Å². The van der Waals surface area contributed by atoms with Crippen molar-refractivity contribution in [3.05, 3.63) is 15.6 Å². The van der Waals surface area contributed by atoms with E-state index in [2.05, 4.69) is 5.32 Å². The van der Waals surface area contributed by atoms with Crippen LogP contribution in [0.5, 0.6) is 0 Å². The molecule has 1 aliphatic heterocycles. The molecule has 1 aromatic heterocycles. The number of nitrogens with zero attached hydrogens (tertiary/aromatic N) is 2. The van der Waals surface area contributed by atoms with Crippen LogP contribution in [0, 0.1) is 0 Å². The van der Waals surface area contributed by atoms with Crippen molar-refractivity contribution in [2.24, 2.45) is 0 Å². The summed E-state index contributed by atoms with van der Waals surface area (Å²) in [6, 6.07) is 0.0274. The van der Waals surface area contributed by atoms with Gasteiger partial charge in [0.25, 0.3) is 0 Å². The molecular weight excluding hydrogens is 258 g/mol. The van der Waals surface area contributed by atoms with Crippen LogP contribution in [0.25, 0.3) is 0 Å². The topological polar surface area (TPSA) is 45.2 Å². The number of amides is 1. The van der Waals surface area contributed by atoms with E-state index in [0.717, 1.165) is 30.8 Å². The van der Waals surface area contributed by atoms with Crippen LogP contribution in [-0.4, -0.2) is 35.4 Å². The molecule has 1 N–H and O–H groups in total. The first kappa shape index (κ1) is 13.1. The molecule has 0 spiro atoms. The molecule has 1 amide bonds. The zero-order valence-corrected chi connectivity index (χ0v) is 12.3. The Bertz CT molecular complexity index is 442. The summed E-state index contributed by atoms with van der Waals surface area (Å²) in [6.07, 6.45) is 6.92. The third-order valence-electron chi connectivity index (χ3n) is 4.00. The first-order valence-electron chi connectivity index (χ1n) is 7.20. The summed E-state index contributed by atoms with van der Waals surface area (Å²) in [5.74, 6) is 0.214. The van der Waals surface area contributed by atoms with Crippen molar-refractivity contribution in [2.45, 2.75) is 51.1 Å². The standard InChI is InChI=1S/C14H21N3OS/c1-17(14(18)11-6-4-8-15-11)9-13-16-10-5-2-3-7-12(10)19-13/h11,15H,2-9H2,1H3/t11-/m0/s1. The molecule has 1 aliphatic carbocycles. The van der Waals surface area contributed by atoms with Gasteiger partial charge in [0.2, 0.25) is 5.91 Å². The third kappa shape index (κ3) is 2.82. The van der Waals surface area contributed by atoms with E-state index in [0.29, 0.717) is 6.54 Å². The van der Waals surface area contributed by atoms with E-state index in [9.17, 15) is 4.79 Å². The lowest BCUT2D eigenvalue weighted by Crippen LogP contribution is -2.41. The molecule has 0 aromatic carbocycles. The Kier molecular flexibility index (Phi) is 3.84. The van der Waals surface area contributed by atoms with Crippen LogP contribution >= 0.6 is 11.3 Å². The van der Waals surface area contributed by atoms with Crippen molar-refractivity contribution in [3.63, 3.8) is 0 Å². The summed E-state index contributed by atoms with van der Waals surface area (Å²) < 4.78 is 0. The lowest BCUT2D eigenvalue weighted by atomic mass is 10.0. The second-order valence-corrected chi connectivity index (χ2v) is 6.70. The number of hydrogen-bond donors (Lipinski definition) is 1. The molecule has 19 heavy (non-hydrogen) atoms. The number of rotatable bonds is 3. The number of aromatic nitrogens is 1. The highest BCUT2D eigenvalue weighted by Gasteiger charge is 2.25. The quantitative estimate of drug-likeness (QED) is 0.916. The molecule has 5 heteroatoms. The molecule has 2 aliphatic rings. The number of thiazole rings is 1. The fraction of sp³-hybridized carbons (Fsp3) is 0.714. The number of likely N-dealkylation sites (N-methyl/N-ethyl adjacent to an activating group) is 1. The Morgan fingerprint density at radius 3 is 3.00 bits per heavy atom. The number of carbonyl (C=O) groups excluding carboxylic acids is 1. The number of carbonyl (C=O) groups is 1.